The maximum Gasteiger partial charge on any atom is 0.269 e. The maximum absolute atomic E-state index is 12.4. The van der Waals surface area contributed by atoms with Gasteiger partial charge in [-0.2, -0.15) is 5.10 Å². The van der Waals surface area contributed by atoms with Crippen LogP contribution in [0, 0.1) is 5.92 Å². The van der Waals surface area contributed by atoms with Gasteiger partial charge in [-0.1, -0.05) is 41.9 Å². The van der Waals surface area contributed by atoms with E-state index in [0.29, 0.717) is 29.6 Å². The first-order valence-corrected chi connectivity index (χ1v) is 8.87. The Morgan fingerprint density at radius 2 is 2.12 bits per heavy atom. The van der Waals surface area contributed by atoms with Crippen molar-refractivity contribution in [1.29, 1.82) is 0 Å². The fourth-order valence-corrected chi connectivity index (χ4v) is 3.28. The molecule has 1 aliphatic rings. The Labute approximate surface area is 156 Å². The molecule has 6 heteroatoms. The lowest BCUT2D eigenvalue weighted by molar-refractivity contribution is 0.0934. The monoisotopic (exact) mass is 367 g/mol. The molecular weight excluding hydrogens is 350 g/mol. The molecule has 0 bridgehead atoms. The van der Waals surface area contributed by atoms with Crippen molar-refractivity contribution in [2.24, 2.45) is 5.92 Å². The molecule has 0 aliphatic carbocycles. The number of fused-ring (bicyclic) bond motifs is 1. The largest absolute Gasteiger partial charge is 0.493 e. The number of H-pyrrole nitrogens is 1. The van der Waals surface area contributed by atoms with Gasteiger partial charge in [0.2, 0.25) is 0 Å². The second-order valence-electron chi connectivity index (χ2n) is 6.38. The molecule has 1 atom stereocenters. The number of hydrogen-bond donors (Lipinski definition) is 2. The maximum atomic E-state index is 12.4. The van der Waals surface area contributed by atoms with Gasteiger partial charge in [-0.05, 0) is 36.2 Å². The highest BCUT2D eigenvalue weighted by Gasteiger charge is 2.20. The van der Waals surface area contributed by atoms with Crippen molar-refractivity contribution in [3.05, 3.63) is 70.9 Å². The number of carbonyl (C=O) groups excluding carboxylic acids is 1. The quantitative estimate of drug-likeness (QED) is 0.738. The number of ether oxygens (including phenoxy) is 1. The number of benzene rings is 2. The topological polar surface area (TPSA) is 67.0 Å². The fourth-order valence-electron chi connectivity index (χ4n) is 3.09. The van der Waals surface area contributed by atoms with E-state index in [1.54, 1.807) is 12.1 Å². The zero-order valence-corrected chi connectivity index (χ0v) is 14.8. The minimum absolute atomic E-state index is 0.176. The van der Waals surface area contributed by atoms with Crippen LogP contribution in [0.3, 0.4) is 0 Å². The Hall–Kier alpha value is -2.79. The van der Waals surface area contributed by atoms with Crippen LogP contribution in [0.15, 0.2) is 54.6 Å². The third kappa shape index (κ3) is 3.58. The average Bonchev–Trinajstić information content (AvgIpc) is 3.16. The zero-order valence-electron chi connectivity index (χ0n) is 14.0. The summed E-state index contributed by atoms with van der Waals surface area (Å²) < 4.78 is 5.76. The van der Waals surface area contributed by atoms with Gasteiger partial charge in [-0.15, -0.1) is 0 Å². The van der Waals surface area contributed by atoms with Gasteiger partial charge in [0.05, 0.1) is 12.3 Å². The average molecular weight is 368 g/mol. The molecule has 132 valence electrons. The van der Waals surface area contributed by atoms with E-state index in [0.717, 1.165) is 17.7 Å². The van der Waals surface area contributed by atoms with Gasteiger partial charge in [0.15, 0.2) is 0 Å². The molecule has 4 rings (SSSR count). The summed E-state index contributed by atoms with van der Waals surface area (Å²) in [6.45, 7) is 1.16. The summed E-state index contributed by atoms with van der Waals surface area (Å²) in [6.07, 6.45) is 0.896. The number of amides is 1. The predicted octanol–water partition coefficient (Wildman–Crippen LogP) is 3.71. The molecule has 2 heterocycles. The summed E-state index contributed by atoms with van der Waals surface area (Å²) in [5.74, 6) is 1.02. The number of halogens is 1. The number of rotatable bonds is 4. The minimum Gasteiger partial charge on any atom is -0.493 e. The summed E-state index contributed by atoms with van der Waals surface area (Å²) >= 11 is 6.01. The SMILES string of the molecule is O=C(NCC1COc2ccccc2C1)c1cc(-c2cccc(Cl)c2)n[nH]1. The van der Waals surface area contributed by atoms with Crippen LogP contribution < -0.4 is 10.1 Å². The lowest BCUT2D eigenvalue weighted by Gasteiger charge is -2.25. The van der Waals surface area contributed by atoms with Crippen molar-refractivity contribution >= 4 is 17.5 Å². The van der Waals surface area contributed by atoms with E-state index in [-0.39, 0.29) is 11.8 Å². The van der Waals surface area contributed by atoms with E-state index in [2.05, 4.69) is 21.6 Å². The predicted molar refractivity (Wildman–Crippen MR) is 100 cm³/mol. The van der Waals surface area contributed by atoms with Gasteiger partial charge in [0.25, 0.3) is 5.91 Å². The Morgan fingerprint density at radius 3 is 3.00 bits per heavy atom. The summed E-state index contributed by atoms with van der Waals surface area (Å²) in [4.78, 5) is 12.4. The second kappa shape index (κ2) is 7.22. The highest BCUT2D eigenvalue weighted by molar-refractivity contribution is 6.30. The van der Waals surface area contributed by atoms with Crippen LogP contribution in [-0.4, -0.2) is 29.3 Å². The molecule has 2 N–H and O–H groups in total. The Kier molecular flexibility index (Phi) is 4.63. The Bertz CT molecular complexity index is 938. The van der Waals surface area contributed by atoms with Crippen LogP contribution >= 0.6 is 11.6 Å². The molecule has 0 saturated heterocycles. The summed E-state index contributed by atoms with van der Waals surface area (Å²) in [5.41, 5.74) is 3.16. The van der Waals surface area contributed by atoms with E-state index >= 15 is 0 Å². The number of aromatic amines is 1. The van der Waals surface area contributed by atoms with Crippen molar-refractivity contribution in [2.45, 2.75) is 6.42 Å². The number of aromatic nitrogens is 2. The highest BCUT2D eigenvalue weighted by atomic mass is 35.5. The van der Waals surface area contributed by atoms with Gasteiger partial charge in [0.1, 0.15) is 11.4 Å². The summed E-state index contributed by atoms with van der Waals surface area (Å²) in [6, 6.07) is 17.1. The first kappa shape index (κ1) is 16.7. The molecule has 0 spiro atoms. The third-order valence-corrected chi connectivity index (χ3v) is 4.68. The van der Waals surface area contributed by atoms with Crippen molar-refractivity contribution < 1.29 is 9.53 Å². The van der Waals surface area contributed by atoms with Crippen LogP contribution in [0.4, 0.5) is 0 Å². The zero-order chi connectivity index (χ0) is 17.9. The highest BCUT2D eigenvalue weighted by Crippen LogP contribution is 2.26. The van der Waals surface area contributed by atoms with E-state index in [1.165, 1.54) is 5.56 Å². The van der Waals surface area contributed by atoms with E-state index in [1.807, 2.05) is 36.4 Å². The molecule has 1 unspecified atom stereocenters. The van der Waals surface area contributed by atoms with E-state index in [9.17, 15) is 4.79 Å². The Balaban J connectivity index is 1.37. The molecule has 5 nitrogen and oxygen atoms in total. The normalized spacial score (nSPS) is 15.8. The van der Waals surface area contributed by atoms with E-state index in [4.69, 9.17) is 16.3 Å². The second-order valence-corrected chi connectivity index (χ2v) is 6.81. The van der Waals surface area contributed by atoms with Gasteiger partial charge < -0.3 is 10.1 Å². The molecule has 1 aromatic heterocycles. The van der Waals surface area contributed by atoms with Crippen LogP contribution in [0.5, 0.6) is 5.75 Å². The van der Waals surface area contributed by atoms with Crippen molar-refractivity contribution in [2.75, 3.05) is 13.2 Å². The van der Waals surface area contributed by atoms with Gasteiger partial charge in [0, 0.05) is 23.0 Å². The van der Waals surface area contributed by atoms with Crippen molar-refractivity contribution in [3.63, 3.8) is 0 Å². The fraction of sp³-hybridized carbons (Fsp3) is 0.200. The van der Waals surface area contributed by atoms with Crippen LogP contribution in [0.25, 0.3) is 11.3 Å². The molecule has 0 fully saturated rings. The van der Waals surface area contributed by atoms with Crippen molar-refractivity contribution in [1.82, 2.24) is 15.5 Å². The molecule has 0 radical (unpaired) electrons. The lowest BCUT2D eigenvalue weighted by Crippen LogP contribution is -2.34. The van der Waals surface area contributed by atoms with Crippen LogP contribution in [0.1, 0.15) is 16.1 Å². The standard InChI is InChI=1S/C20H18ClN3O2/c21-16-6-3-5-14(9-16)17-10-18(24-23-17)20(25)22-11-13-8-15-4-1-2-7-19(15)26-12-13/h1-7,9-10,13H,8,11-12H2,(H,22,25)(H,23,24). The molecule has 26 heavy (non-hydrogen) atoms. The summed E-state index contributed by atoms with van der Waals surface area (Å²) in [5, 5.41) is 10.6. The van der Waals surface area contributed by atoms with Gasteiger partial charge in [-0.25, -0.2) is 0 Å². The number of nitrogens with zero attached hydrogens (tertiary/aromatic N) is 1. The van der Waals surface area contributed by atoms with Crippen LogP contribution in [0.2, 0.25) is 5.02 Å². The molecule has 1 aliphatic heterocycles. The number of para-hydroxylation sites is 1. The molecule has 0 saturated carbocycles. The first-order chi connectivity index (χ1) is 12.7. The lowest BCUT2D eigenvalue weighted by atomic mass is 9.97. The molecule has 2 aromatic carbocycles. The molecule has 1 amide bonds. The van der Waals surface area contributed by atoms with Crippen molar-refractivity contribution in [3.8, 4) is 17.0 Å². The Morgan fingerprint density at radius 1 is 1.23 bits per heavy atom. The van der Waals surface area contributed by atoms with E-state index < -0.39 is 0 Å². The number of carbonyl (C=O) groups is 1. The van der Waals surface area contributed by atoms with Crippen LogP contribution in [-0.2, 0) is 6.42 Å². The minimum atomic E-state index is -0.176. The smallest absolute Gasteiger partial charge is 0.269 e. The summed E-state index contributed by atoms with van der Waals surface area (Å²) in [7, 11) is 0. The number of nitrogens with one attached hydrogen (secondary N) is 2. The van der Waals surface area contributed by atoms with Gasteiger partial charge >= 0.3 is 0 Å². The third-order valence-electron chi connectivity index (χ3n) is 4.45. The van der Waals surface area contributed by atoms with Gasteiger partial charge in [-0.3, -0.25) is 9.89 Å². The first-order valence-electron chi connectivity index (χ1n) is 8.49. The molecular formula is C20H18ClN3O2. The molecule has 3 aromatic rings. The number of hydrogen-bond acceptors (Lipinski definition) is 3.